The highest BCUT2D eigenvalue weighted by molar-refractivity contribution is 5.92. The summed E-state index contributed by atoms with van der Waals surface area (Å²) in [6, 6.07) is 10.3. The Morgan fingerprint density at radius 2 is 1.80 bits per heavy atom. The second-order valence-corrected chi connectivity index (χ2v) is 6.21. The van der Waals surface area contributed by atoms with Crippen molar-refractivity contribution in [2.75, 3.05) is 0 Å². The van der Waals surface area contributed by atoms with Crippen molar-refractivity contribution in [3.8, 4) is 0 Å². The summed E-state index contributed by atoms with van der Waals surface area (Å²) in [6.45, 7) is 8.09. The summed E-state index contributed by atoms with van der Waals surface area (Å²) in [5, 5.41) is 13.7. The van der Waals surface area contributed by atoms with Gasteiger partial charge in [0.05, 0.1) is 11.0 Å². The van der Waals surface area contributed by atoms with E-state index in [-0.39, 0.29) is 17.6 Å². The van der Waals surface area contributed by atoms with Gasteiger partial charge in [-0.25, -0.2) is 0 Å². The number of hydrogen-bond donors (Lipinski definition) is 1. The van der Waals surface area contributed by atoms with Crippen molar-refractivity contribution < 1.29 is 9.72 Å². The molecule has 1 N–H and O–H groups in total. The second-order valence-electron chi connectivity index (χ2n) is 6.21. The fourth-order valence-corrected chi connectivity index (χ4v) is 2.70. The number of nitrogens with one attached hydrogen (secondary N) is 1. The van der Waals surface area contributed by atoms with Gasteiger partial charge < -0.3 is 5.32 Å². The summed E-state index contributed by atoms with van der Waals surface area (Å²) in [5.41, 5.74) is 5.25. The van der Waals surface area contributed by atoms with E-state index in [1.807, 2.05) is 13.8 Å². The molecule has 0 aromatic heterocycles. The summed E-state index contributed by atoms with van der Waals surface area (Å²) in [4.78, 5) is 22.5. The molecule has 0 fully saturated rings. The Hall–Kier alpha value is -2.95. The van der Waals surface area contributed by atoms with Crippen LogP contribution >= 0.6 is 0 Å². The van der Waals surface area contributed by atoms with Gasteiger partial charge in [0.2, 0.25) is 5.91 Å². The molecule has 5 nitrogen and oxygen atoms in total. The Balaban J connectivity index is 2.08. The van der Waals surface area contributed by atoms with E-state index in [0.717, 1.165) is 11.1 Å². The number of nitro groups is 1. The molecule has 0 radical (unpaired) electrons. The monoisotopic (exact) mass is 338 g/mol. The number of non-ortho nitro benzene ring substituents is 1. The van der Waals surface area contributed by atoms with Gasteiger partial charge in [-0.1, -0.05) is 24.3 Å². The quantitative estimate of drug-likeness (QED) is 0.498. The minimum atomic E-state index is -0.456. The van der Waals surface area contributed by atoms with Crippen molar-refractivity contribution in [2.45, 2.75) is 33.7 Å². The average molecular weight is 338 g/mol. The molecule has 0 unspecified atom stereocenters. The third-order valence-corrected chi connectivity index (χ3v) is 4.22. The zero-order valence-corrected chi connectivity index (χ0v) is 14.9. The molecule has 0 saturated heterocycles. The molecule has 0 aliphatic heterocycles. The maximum atomic E-state index is 12.2. The van der Waals surface area contributed by atoms with Crippen LogP contribution in [-0.2, 0) is 4.79 Å². The predicted octanol–water partition coefficient (Wildman–Crippen LogP) is 4.41. The lowest BCUT2D eigenvalue weighted by Gasteiger charge is -2.17. The normalized spacial score (nSPS) is 12.2. The van der Waals surface area contributed by atoms with Crippen LogP contribution in [0.3, 0.4) is 0 Å². The van der Waals surface area contributed by atoms with Crippen molar-refractivity contribution in [3.05, 3.63) is 80.4 Å². The number of amides is 1. The first kappa shape index (κ1) is 18.4. The topological polar surface area (TPSA) is 72.2 Å². The lowest BCUT2D eigenvalue weighted by atomic mass is 9.96. The molecule has 0 heterocycles. The van der Waals surface area contributed by atoms with E-state index in [0.29, 0.717) is 5.56 Å². The molecule has 2 rings (SSSR count). The van der Waals surface area contributed by atoms with Crippen LogP contribution in [0.25, 0.3) is 6.08 Å². The minimum absolute atomic E-state index is 0.00156. The molecule has 0 aliphatic rings. The molecule has 2 aromatic carbocycles. The standard InChI is InChI=1S/C20H22N2O3/c1-13-10-15(3)19(11-14(13)2)16(4)21-20(23)9-8-17-6-5-7-18(12-17)22(24)25/h5-12,16H,1-4H3,(H,21,23)/b9-8+/t16-/m1/s1. The maximum Gasteiger partial charge on any atom is 0.270 e. The van der Waals surface area contributed by atoms with Crippen LogP contribution in [0.2, 0.25) is 0 Å². The van der Waals surface area contributed by atoms with Crippen molar-refractivity contribution in [1.29, 1.82) is 0 Å². The van der Waals surface area contributed by atoms with Crippen LogP contribution in [0.4, 0.5) is 5.69 Å². The van der Waals surface area contributed by atoms with E-state index in [1.165, 1.54) is 29.3 Å². The van der Waals surface area contributed by atoms with Gasteiger partial charge in [0.1, 0.15) is 0 Å². The number of benzene rings is 2. The fourth-order valence-electron chi connectivity index (χ4n) is 2.70. The number of nitrogens with zero attached hydrogens (tertiary/aromatic N) is 1. The Labute approximate surface area is 147 Å². The van der Waals surface area contributed by atoms with Gasteiger partial charge in [0.15, 0.2) is 0 Å². The number of hydrogen-bond acceptors (Lipinski definition) is 3. The number of aryl methyl sites for hydroxylation is 3. The van der Waals surface area contributed by atoms with E-state index in [9.17, 15) is 14.9 Å². The molecule has 0 aliphatic carbocycles. The first-order valence-electron chi connectivity index (χ1n) is 8.08. The lowest BCUT2D eigenvalue weighted by molar-refractivity contribution is -0.384. The highest BCUT2D eigenvalue weighted by atomic mass is 16.6. The molecule has 1 amide bonds. The van der Waals surface area contributed by atoms with Gasteiger partial charge in [0.25, 0.3) is 5.69 Å². The molecule has 25 heavy (non-hydrogen) atoms. The van der Waals surface area contributed by atoms with Crippen molar-refractivity contribution in [3.63, 3.8) is 0 Å². The SMILES string of the molecule is Cc1cc(C)c([C@@H](C)NC(=O)/C=C/c2cccc([N+](=O)[O-])c2)cc1C. The lowest BCUT2D eigenvalue weighted by Crippen LogP contribution is -2.25. The van der Waals surface area contributed by atoms with E-state index < -0.39 is 4.92 Å². The number of rotatable bonds is 5. The summed E-state index contributed by atoms with van der Waals surface area (Å²) in [6.07, 6.45) is 2.97. The van der Waals surface area contributed by atoms with Gasteiger partial charge in [-0.3, -0.25) is 14.9 Å². The van der Waals surface area contributed by atoms with E-state index in [1.54, 1.807) is 18.2 Å². The van der Waals surface area contributed by atoms with Crippen molar-refractivity contribution in [2.24, 2.45) is 0 Å². The average Bonchev–Trinajstić information content (AvgIpc) is 2.56. The zero-order chi connectivity index (χ0) is 18.6. The van der Waals surface area contributed by atoms with Crippen LogP contribution < -0.4 is 5.32 Å². The van der Waals surface area contributed by atoms with Crippen LogP contribution in [0.5, 0.6) is 0 Å². The van der Waals surface area contributed by atoms with E-state index in [4.69, 9.17) is 0 Å². The highest BCUT2D eigenvalue weighted by Crippen LogP contribution is 2.21. The number of nitro benzene ring substituents is 1. The van der Waals surface area contributed by atoms with Crippen LogP contribution in [0, 0.1) is 30.9 Å². The minimum Gasteiger partial charge on any atom is -0.346 e. The summed E-state index contributed by atoms with van der Waals surface area (Å²) >= 11 is 0. The van der Waals surface area contributed by atoms with Crippen LogP contribution in [-0.4, -0.2) is 10.8 Å². The summed E-state index contributed by atoms with van der Waals surface area (Å²) in [7, 11) is 0. The molecule has 0 spiro atoms. The van der Waals surface area contributed by atoms with Crippen molar-refractivity contribution >= 4 is 17.7 Å². The fraction of sp³-hybridized carbons (Fsp3) is 0.250. The molecular formula is C20H22N2O3. The summed E-state index contributed by atoms with van der Waals surface area (Å²) < 4.78 is 0. The van der Waals surface area contributed by atoms with Crippen LogP contribution in [0.15, 0.2) is 42.5 Å². The van der Waals surface area contributed by atoms with Gasteiger partial charge in [-0.15, -0.1) is 0 Å². The van der Waals surface area contributed by atoms with Gasteiger partial charge in [0, 0.05) is 18.2 Å². The highest BCUT2D eigenvalue weighted by Gasteiger charge is 2.11. The Morgan fingerprint density at radius 3 is 2.48 bits per heavy atom. The predicted molar refractivity (Wildman–Crippen MR) is 99.3 cm³/mol. The maximum absolute atomic E-state index is 12.2. The third kappa shape index (κ3) is 4.76. The number of carbonyl (C=O) groups excluding carboxylic acids is 1. The molecule has 2 aromatic rings. The summed E-state index contributed by atoms with van der Waals surface area (Å²) in [5.74, 6) is -0.239. The van der Waals surface area contributed by atoms with Crippen molar-refractivity contribution in [1.82, 2.24) is 5.32 Å². The smallest absolute Gasteiger partial charge is 0.270 e. The molecule has 0 saturated carbocycles. The van der Waals surface area contributed by atoms with Gasteiger partial charge in [-0.05, 0) is 61.6 Å². The largest absolute Gasteiger partial charge is 0.346 e. The first-order chi connectivity index (χ1) is 11.8. The Morgan fingerprint density at radius 1 is 1.12 bits per heavy atom. The Bertz CT molecular complexity index is 841. The third-order valence-electron chi connectivity index (χ3n) is 4.22. The first-order valence-corrected chi connectivity index (χ1v) is 8.08. The van der Waals surface area contributed by atoms with Gasteiger partial charge in [-0.2, -0.15) is 0 Å². The molecular weight excluding hydrogens is 316 g/mol. The zero-order valence-electron chi connectivity index (χ0n) is 14.9. The van der Waals surface area contributed by atoms with Gasteiger partial charge >= 0.3 is 0 Å². The molecule has 130 valence electrons. The second kappa shape index (κ2) is 7.75. The molecule has 1 atom stereocenters. The molecule has 5 heteroatoms. The Kier molecular flexibility index (Phi) is 5.70. The van der Waals surface area contributed by atoms with E-state index >= 15 is 0 Å². The van der Waals surface area contributed by atoms with Crippen LogP contribution in [0.1, 0.15) is 40.8 Å². The molecule has 0 bridgehead atoms. The van der Waals surface area contributed by atoms with E-state index in [2.05, 4.69) is 31.3 Å². The number of carbonyl (C=O) groups is 1.